The molecule has 0 aliphatic heterocycles. The van der Waals surface area contributed by atoms with Gasteiger partial charge in [0.1, 0.15) is 0 Å². The maximum Gasteiger partial charge on any atom is 0.338 e. The molecule has 0 saturated heterocycles. The topological polar surface area (TPSA) is 61.8 Å². The van der Waals surface area contributed by atoms with Crippen LogP contribution in [0.5, 0.6) is 11.5 Å². The molecule has 0 spiro atoms. The van der Waals surface area contributed by atoms with Crippen LogP contribution >= 0.6 is 22.6 Å². The van der Waals surface area contributed by atoms with Gasteiger partial charge in [0.25, 0.3) is 0 Å². The fourth-order valence-electron chi connectivity index (χ4n) is 1.20. The zero-order chi connectivity index (χ0) is 13.0. The van der Waals surface area contributed by atoms with E-state index in [1.165, 1.54) is 27.2 Å². The molecule has 0 bridgehead atoms. The van der Waals surface area contributed by atoms with Gasteiger partial charge in [0.2, 0.25) is 0 Å². The van der Waals surface area contributed by atoms with Crippen molar-refractivity contribution in [3.63, 3.8) is 0 Å². The Hall–Kier alpha value is -1.31. The summed E-state index contributed by atoms with van der Waals surface area (Å²) < 4.78 is 15.3. The molecule has 0 aromatic heterocycles. The molecule has 0 unspecified atom stereocenters. The normalized spacial score (nSPS) is 9.65. The van der Waals surface area contributed by atoms with Crippen molar-refractivity contribution in [2.24, 2.45) is 0 Å². The summed E-state index contributed by atoms with van der Waals surface area (Å²) in [6.07, 6.45) is 0. The second-order valence-corrected chi connectivity index (χ2v) is 4.24. The molecule has 0 radical (unpaired) electrons. The van der Waals surface area contributed by atoms with Gasteiger partial charge in [0.15, 0.2) is 11.5 Å². The molecule has 1 aromatic carbocycles. The number of methoxy groups -OCH3 is 2. The highest BCUT2D eigenvalue weighted by atomic mass is 127. The summed E-state index contributed by atoms with van der Waals surface area (Å²) in [6, 6.07) is 3.03. The largest absolute Gasteiger partial charge is 0.493 e. The molecule has 1 rings (SSSR count). The van der Waals surface area contributed by atoms with Crippen molar-refractivity contribution >= 4 is 34.5 Å². The lowest BCUT2D eigenvalue weighted by atomic mass is 10.2. The first-order chi connectivity index (χ1) is 7.99. The van der Waals surface area contributed by atoms with E-state index in [9.17, 15) is 9.59 Å². The maximum absolute atomic E-state index is 11.4. The van der Waals surface area contributed by atoms with Gasteiger partial charge in [0.05, 0.1) is 23.4 Å². The van der Waals surface area contributed by atoms with E-state index in [0.29, 0.717) is 20.6 Å². The van der Waals surface area contributed by atoms with Crippen LogP contribution in [-0.2, 0) is 9.53 Å². The monoisotopic (exact) mass is 350 g/mol. The van der Waals surface area contributed by atoms with E-state index < -0.39 is 11.9 Å². The van der Waals surface area contributed by atoms with Crippen molar-refractivity contribution in [2.75, 3.05) is 14.2 Å². The third kappa shape index (κ3) is 3.32. The van der Waals surface area contributed by atoms with Crippen LogP contribution in [0, 0.1) is 3.57 Å². The van der Waals surface area contributed by atoms with Gasteiger partial charge in [-0.2, -0.15) is 0 Å². The van der Waals surface area contributed by atoms with E-state index in [2.05, 4.69) is 4.74 Å². The average Bonchev–Trinajstić information content (AvgIpc) is 2.29. The lowest BCUT2D eigenvalue weighted by Crippen LogP contribution is -2.07. The Morgan fingerprint density at radius 2 is 1.88 bits per heavy atom. The van der Waals surface area contributed by atoms with Crippen LogP contribution in [0.2, 0.25) is 0 Å². The van der Waals surface area contributed by atoms with Crippen LogP contribution in [-0.4, -0.2) is 26.2 Å². The Kier molecular flexibility index (Phi) is 4.73. The van der Waals surface area contributed by atoms with E-state index in [0.717, 1.165) is 0 Å². The molecule has 0 aliphatic carbocycles. The summed E-state index contributed by atoms with van der Waals surface area (Å²) in [6.45, 7) is 1.30. The van der Waals surface area contributed by atoms with Crippen molar-refractivity contribution in [3.8, 4) is 11.5 Å². The second-order valence-electron chi connectivity index (χ2n) is 3.07. The van der Waals surface area contributed by atoms with Crippen molar-refractivity contribution in [1.29, 1.82) is 0 Å². The fourth-order valence-corrected chi connectivity index (χ4v) is 1.91. The molecule has 0 fully saturated rings. The molecule has 0 amide bonds. The highest BCUT2D eigenvalue weighted by Crippen LogP contribution is 2.34. The van der Waals surface area contributed by atoms with Crippen LogP contribution < -0.4 is 9.47 Å². The summed E-state index contributed by atoms with van der Waals surface area (Å²) in [5.74, 6) is -0.316. The molecule has 92 valence electrons. The van der Waals surface area contributed by atoms with Gasteiger partial charge in [0, 0.05) is 6.92 Å². The summed E-state index contributed by atoms with van der Waals surface area (Å²) in [7, 11) is 2.72. The van der Waals surface area contributed by atoms with Crippen LogP contribution in [0.3, 0.4) is 0 Å². The number of carbonyl (C=O) groups excluding carboxylic acids is 2. The molecular formula is C11H11IO5. The molecule has 0 N–H and O–H groups in total. The number of benzene rings is 1. The van der Waals surface area contributed by atoms with Crippen molar-refractivity contribution in [2.45, 2.75) is 6.92 Å². The third-order valence-electron chi connectivity index (χ3n) is 1.90. The number of hydrogen-bond acceptors (Lipinski definition) is 5. The molecule has 0 heterocycles. The van der Waals surface area contributed by atoms with Gasteiger partial charge in [-0.3, -0.25) is 4.79 Å². The van der Waals surface area contributed by atoms with Crippen molar-refractivity contribution in [3.05, 3.63) is 21.3 Å². The number of rotatable bonds is 3. The lowest BCUT2D eigenvalue weighted by molar-refractivity contribution is -0.132. The molecule has 0 aliphatic rings. The average molecular weight is 350 g/mol. The number of ether oxygens (including phenoxy) is 3. The van der Waals surface area contributed by atoms with Crippen LogP contribution in [0.4, 0.5) is 0 Å². The predicted octanol–water partition coefficient (Wildman–Crippen LogP) is 2.01. The zero-order valence-electron chi connectivity index (χ0n) is 9.57. The smallest absolute Gasteiger partial charge is 0.338 e. The molecule has 17 heavy (non-hydrogen) atoms. The quantitative estimate of drug-likeness (QED) is 0.474. The Bertz CT molecular complexity index is 455. The number of halogens is 1. The molecule has 5 nitrogen and oxygen atoms in total. The minimum atomic E-state index is -0.476. The Morgan fingerprint density at radius 1 is 1.24 bits per heavy atom. The summed E-state index contributed by atoms with van der Waals surface area (Å²) in [5.41, 5.74) is 0.338. The highest BCUT2D eigenvalue weighted by molar-refractivity contribution is 14.1. The van der Waals surface area contributed by atoms with Gasteiger partial charge in [-0.15, -0.1) is 0 Å². The first kappa shape index (κ1) is 13.8. The zero-order valence-corrected chi connectivity index (χ0v) is 11.7. The number of hydrogen-bond donors (Lipinski definition) is 0. The Morgan fingerprint density at radius 3 is 2.35 bits per heavy atom. The number of carbonyl (C=O) groups is 2. The van der Waals surface area contributed by atoms with E-state index in [1.54, 1.807) is 6.07 Å². The standard InChI is InChI=1S/C11H11IO5/c1-6(13)17-10-8(12)4-7(11(14)16-3)5-9(10)15-2/h4-5H,1-3H3. The van der Waals surface area contributed by atoms with E-state index in [4.69, 9.17) is 9.47 Å². The fraction of sp³-hybridized carbons (Fsp3) is 0.273. The van der Waals surface area contributed by atoms with Crippen molar-refractivity contribution in [1.82, 2.24) is 0 Å². The minimum absolute atomic E-state index is 0.299. The molecule has 0 atom stereocenters. The summed E-state index contributed by atoms with van der Waals surface area (Å²) in [5, 5.41) is 0. The SMILES string of the molecule is COC(=O)c1cc(I)c(OC(C)=O)c(OC)c1. The van der Waals surface area contributed by atoms with Gasteiger partial charge < -0.3 is 14.2 Å². The maximum atomic E-state index is 11.4. The predicted molar refractivity (Wildman–Crippen MR) is 68.4 cm³/mol. The van der Waals surface area contributed by atoms with E-state index in [-0.39, 0.29) is 0 Å². The third-order valence-corrected chi connectivity index (χ3v) is 2.70. The molecule has 6 heteroatoms. The Balaban J connectivity index is 3.25. The van der Waals surface area contributed by atoms with Crippen LogP contribution in [0.1, 0.15) is 17.3 Å². The Labute approximate surface area is 112 Å². The molecular weight excluding hydrogens is 339 g/mol. The highest BCUT2D eigenvalue weighted by Gasteiger charge is 2.16. The van der Waals surface area contributed by atoms with E-state index >= 15 is 0 Å². The lowest BCUT2D eigenvalue weighted by Gasteiger charge is -2.11. The van der Waals surface area contributed by atoms with Crippen LogP contribution in [0.25, 0.3) is 0 Å². The van der Waals surface area contributed by atoms with Crippen LogP contribution in [0.15, 0.2) is 12.1 Å². The summed E-state index contributed by atoms with van der Waals surface area (Å²) >= 11 is 1.95. The second kappa shape index (κ2) is 5.85. The number of esters is 2. The summed E-state index contributed by atoms with van der Waals surface area (Å²) in [4.78, 5) is 22.3. The first-order valence-electron chi connectivity index (χ1n) is 4.63. The van der Waals surface area contributed by atoms with Crippen molar-refractivity contribution < 1.29 is 23.8 Å². The minimum Gasteiger partial charge on any atom is -0.493 e. The first-order valence-corrected chi connectivity index (χ1v) is 5.71. The molecule has 1 aromatic rings. The van der Waals surface area contributed by atoms with Gasteiger partial charge in [-0.05, 0) is 34.7 Å². The van der Waals surface area contributed by atoms with Gasteiger partial charge in [-0.1, -0.05) is 0 Å². The van der Waals surface area contributed by atoms with Gasteiger partial charge in [-0.25, -0.2) is 4.79 Å². The molecule has 0 saturated carbocycles. The van der Waals surface area contributed by atoms with Gasteiger partial charge >= 0.3 is 11.9 Å². The van der Waals surface area contributed by atoms with E-state index in [1.807, 2.05) is 22.6 Å².